The molecule has 0 bridgehead atoms. The summed E-state index contributed by atoms with van der Waals surface area (Å²) in [6.07, 6.45) is 2.57. The highest BCUT2D eigenvalue weighted by Crippen LogP contribution is 2.21. The van der Waals surface area contributed by atoms with E-state index in [1.54, 1.807) is 38.1 Å². The number of carbonyl (C=O) groups is 2. The number of alkyl halides is 1. The second-order valence-corrected chi connectivity index (χ2v) is 7.47. The highest BCUT2D eigenvalue weighted by molar-refractivity contribution is 6.17. The van der Waals surface area contributed by atoms with Crippen molar-refractivity contribution in [3.05, 3.63) is 83.6 Å². The summed E-state index contributed by atoms with van der Waals surface area (Å²) >= 11 is 5.71. The van der Waals surface area contributed by atoms with Gasteiger partial charge in [-0.1, -0.05) is 24.3 Å². The van der Waals surface area contributed by atoms with Crippen molar-refractivity contribution < 1.29 is 33.0 Å². The number of ether oxygens (including phenoxy) is 2. The molecule has 10 heteroatoms. The molecular formula is C26H25ClN2O7. The van der Waals surface area contributed by atoms with Crippen LogP contribution >= 0.6 is 11.6 Å². The van der Waals surface area contributed by atoms with Crippen LogP contribution in [0.2, 0.25) is 0 Å². The Bertz CT molecular complexity index is 1160. The predicted octanol–water partition coefficient (Wildman–Crippen LogP) is 5.27. The Balaban J connectivity index is 0.000000201. The number of nitrogens with zero attached hydrogens (tertiary/aromatic N) is 2. The molecule has 36 heavy (non-hydrogen) atoms. The zero-order valence-corrected chi connectivity index (χ0v) is 20.5. The van der Waals surface area contributed by atoms with Crippen molar-refractivity contribution in [1.82, 2.24) is 9.97 Å². The zero-order chi connectivity index (χ0) is 25.9. The topological polar surface area (TPSA) is 125 Å². The van der Waals surface area contributed by atoms with Gasteiger partial charge < -0.3 is 23.4 Å². The van der Waals surface area contributed by atoms with Gasteiger partial charge in [0.25, 0.3) is 0 Å². The van der Waals surface area contributed by atoms with Crippen LogP contribution in [0.1, 0.15) is 46.0 Å². The smallest absolute Gasteiger partial charge is 0.360 e. The molecule has 0 radical (unpaired) electrons. The van der Waals surface area contributed by atoms with Gasteiger partial charge in [0, 0.05) is 17.0 Å². The van der Waals surface area contributed by atoms with Crippen molar-refractivity contribution in [2.75, 3.05) is 13.2 Å². The molecule has 2 aromatic heterocycles. The van der Waals surface area contributed by atoms with E-state index in [9.17, 15) is 9.59 Å². The Kier molecular flexibility index (Phi) is 9.79. The fraction of sp³-hybridized carbons (Fsp3) is 0.231. The molecule has 0 spiro atoms. The summed E-state index contributed by atoms with van der Waals surface area (Å²) in [7, 11) is 0. The first-order valence-electron chi connectivity index (χ1n) is 11.1. The van der Waals surface area contributed by atoms with Gasteiger partial charge in [0.05, 0.1) is 19.8 Å². The Morgan fingerprint density at radius 3 is 1.56 bits per heavy atom. The molecule has 0 saturated heterocycles. The first kappa shape index (κ1) is 26.7. The first-order valence-corrected chi connectivity index (χ1v) is 11.6. The van der Waals surface area contributed by atoms with E-state index in [0.29, 0.717) is 30.9 Å². The number of esters is 2. The standard InChI is InChI=1S/C13H12ClNO3.C13H13NO4/c1-2-17-13(16)11-8-18-12(15-11)10-5-3-9(7-14)4-6-10;1-2-17-13(16)11-8-18-12(14-11)10-5-3-9(7-15)4-6-10/h3-6,8H,2,7H2,1H3;3-6,8,15H,2,7H2,1H3. The molecule has 0 aliphatic rings. The fourth-order valence-corrected chi connectivity index (χ4v) is 3.08. The van der Waals surface area contributed by atoms with Gasteiger partial charge in [-0.25, -0.2) is 19.6 Å². The van der Waals surface area contributed by atoms with Crippen LogP contribution in [-0.4, -0.2) is 40.2 Å². The summed E-state index contributed by atoms with van der Waals surface area (Å²) in [5.74, 6) is 0.214. The number of rotatable bonds is 8. The van der Waals surface area contributed by atoms with Crippen LogP contribution in [0.3, 0.4) is 0 Å². The Labute approximate surface area is 212 Å². The predicted molar refractivity (Wildman–Crippen MR) is 131 cm³/mol. The number of oxazole rings is 2. The van der Waals surface area contributed by atoms with E-state index in [-0.39, 0.29) is 18.0 Å². The van der Waals surface area contributed by atoms with Crippen LogP contribution in [0.15, 0.2) is 69.9 Å². The van der Waals surface area contributed by atoms with Crippen LogP contribution < -0.4 is 0 Å². The van der Waals surface area contributed by atoms with Gasteiger partial charge in [0.15, 0.2) is 11.4 Å². The molecule has 188 valence electrons. The van der Waals surface area contributed by atoms with Gasteiger partial charge in [-0.05, 0) is 49.2 Å². The largest absolute Gasteiger partial charge is 0.461 e. The molecule has 0 atom stereocenters. The number of hydrogen-bond acceptors (Lipinski definition) is 9. The van der Waals surface area contributed by atoms with E-state index < -0.39 is 11.9 Å². The molecule has 0 aliphatic heterocycles. The number of halogens is 1. The number of benzene rings is 2. The number of hydrogen-bond donors (Lipinski definition) is 1. The maximum Gasteiger partial charge on any atom is 0.360 e. The van der Waals surface area contributed by atoms with Crippen molar-refractivity contribution in [2.45, 2.75) is 26.3 Å². The molecule has 0 amide bonds. The van der Waals surface area contributed by atoms with Crippen molar-refractivity contribution >= 4 is 23.5 Å². The lowest BCUT2D eigenvalue weighted by Crippen LogP contribution is -2.04. The van der Waals surface area contributed by atoms with Crippen molar-refractivity contribution in [3.8, 4) is 22.9 Å². The number of aromatic nitrogens is 2. The molecule has 0 unspecified atom stereocenters. The van der Waals surface area contributed by atoms with E-state index in [0.717, 1.165) is 22.3 Å². The van der Waals surface area contributed by atoms with E-state index in [1.165, 1.54) is 12.5 Å². The van der Waals surface area contributed by atoms with E-state index in [1.807, 2.05) is 24.3 Å². The Morgan fingerprint density at radius 1 is 0.778 bits per heavy atom. The minimum Gasteiger partial charge on any atom is -0.461 e. The third kappa shape index (κ3) is 7.03. The second-order valence-electron chi connectivity index (χ2n) is 7.20. The molecule has 1 N–H and O–H groups in total. The van der Waals surface area contributed by atoms with Crippen molar-refractivity contribution in [3.63, 3.8) is 0 Å². The lowest BCUT2D eigenvalue weighted by Gasteiger charge is -1.97. The normalized spacial score (nSPS) is 10.3. The van der Waals surface area contributed by atoms with Crippen LogP contribution in [0.4, 0.5) is 0 Å². The summed E-state index contributed by atoms with van der Waals surface area (Å²) in [5, 5.41) is 8.93. The van der Waals surface area contributed by atoms with Gasteiger partial charge in [0.1, 0.15) is 12.5 Å². The maximum absolute atomic E-state index is 11.4. The lowest BCUT2D eigenvalue weighted by molar-refractivity contribution is 0.0510. The summed E-state index contributed by atoms with van der Waals surface area (Å²) in [6, 6.07) is 14.5. The van der Waals surface area contributed by atoms with E-state index in [2.05, 4.69) is 9.97 Å². The highest BCUT2D eigenvalue weighted by atomic mass is 35.5. The van der Waals surface area contributed by atoms with Crippen molar-refractivity contribution in [1.29, 1.82) is 0 Å². The monoisotopic (exact) mass is 512 g/mol. The highest BCUT2D eigenvalue weighted by Gasteiger charge is 2.15. The molecule has 0 saturated carbocycles. The lowest BCUT2D eigenvalue weighted by atomic mass is 10.1. The van der Waals surface area contributed by atoms with Gasteiger partial charge in [-0.15, -0.1) is 11.6 Å². The molecular weight excluding hydrogens is 488 g/mol. The van der Waals surface area contributed by atoms with Crippen LogP contribution in [0.25, 0.3) is 22.9 Å². The minimum absolute atomic E-state index is 0.0139. The number of carbonyl (C=O) groups excluding carboxylic acids is 2. The number of aliphatic hydroxyl groups is 1. The molecule has 2 aromatic carbocycles. The molecule has 0 fully saturated rings. The molecule has 9 nitrogen and oxygen atoms in total. The van der Waals surface area contributed by atoms with Crippen molar-refractivity contribution in [2.24, 2.45) is 0 Å². The fourth-order valence-electron chi connectivity index (χ4n) is 2.90. The van der Waals surface area contributed by atoms with E-state index in [4.69, 9.17) is 35.0 Å². The third-order valence-corrected chi connectivity index (χ3v) is 5.02. The van der Waals surface area contributed by atoms with Gasteiger partial charge in [-0.3, -0.25) is 0 Å². The summed E-state index contributed by atoms with van der Waals surface area (Å²) in [6.45, 7) is 4.06. The quantitative estimate of drug-likeness (QED) is 0.248. The molecule has 4 aromatic rings. The molecule has 0 aliphatic carbocycles. The summed E-state index contributed by atoms with van der Waals surface area (Å²) in [4.78, 5) is 31.0. The third-order valence-electron chi connectivity index (χ3n) is 4.72. The van der Waals surface area contributed by atoms with Gasteiger partial charge in [-0.2, -0.15) is 0 Å². The molecule has 4 rings (SSSR count). The average Bonchev–Trinajstić information content (AvgIpc) is 3.60. The van der Waals surface area contributed by atoms with E-state index >= 15 is 0 Å². The second kappa shape index (κ2) is 13.2. The van der Waals surface area contributed by atoms with Gasteiger partial charge in [0.2, 0.25) is 11.8 Å². The average molecular weight is 513 g/mol. The Morgan fingerprint density at radius 2 is 1.19 bits per heavy atom. The Hall–Kier alpha value is -3.95. The van der Waals surface area contributed by atoms with Crippen LogP contribution in [0, 0.1) is 0 Å². The summed E-state index contributed by atoms with van der Waals surface area (Å²) in [5.41, 5.74) is 3.67. The van der Waals surface area contributed by atoms with Crippen LogP contribution in [0.5, 0.6) is 0 Å². The minimum atomic E-state index is -0.500. The summed E-state index contributed by atoms with van der Waals surface area (Å²) < 4.78 is 20.1. The molecule has 2 heterocycles. The number of aliphatic hydroxyl groups excluding tert-OH is 1. The first-order chi connectivity index (χ1) is 17.5. The maximum atomic E-state index is 11.4. The SMILES string of the molecule is CCOC(=O)c1coc(-c2ccc(CCl)cc2)n1.CCOC(=O)c1coc(-c2ccc(CO)cc2)n1. The zero-order valence-electron chi connectivity index (χ0n) is 19.8. The van der Waals surface area contributed by atoms with Crippen LogP contribution in [-0.2, 0) is 22.0 Å². The van der Waals surface area contributed by atoms with Gasteiger partial charge >= 0.3 is 11.9 Å².